The summed E-state index contributed by atoms with van der Waals surface area (Å²) < 4.78 is 63.8. The second kappa shape index (κ2) is 9.12. The van der Waals surface area contributed by atoms with Crippen molar-refractivity contribution in [2.75, 3.05) is 26.3 Å². The molecule has 3 rings (SSSR count). The van der Waals surface area contributed by atoms with Crippen molar-refractivity contribution >= 4 is 16.3 Å². The SMILES string of the molecule is CC(C)(C)C(Cc1cn(S(=O)(=O)N2CCOCC2)c(-c2cccnc2F)c1F)NC(=O)O. The van der Waals surface area contributed by atoms with Gasteiger partial charge in [-0.25, -0.2) is 18.1 Å². The number of aromatic nitrogens is 2. The van der Waals surface area contributed by atoms with Crippen molar-refractivity contribution in [2.24, 2.45) is 5.41 Å². The number of hydrogen-bond donors (Lipinski definition) is 2. The number of morpholine rings is 1. The van der Waals surface area contributed by atoms with Crippen LogP contribution in [0.2, 0.25) is 0 Å². The van der Waals surface area contributed by atoms with Gasteiger partial charge in [0, 0.05) is 37.1 Å². The van der Waals surface area contributed by atoms with Crippen LogP contribution < -0.4 is 5.32 Å². The van der Waals surface area contributed by atoms with Crippen LogP contribution in [0.1, 0.15) is 26.3 Å². The van der Waals surface area contributed by atoms with E-state index in [4.69, 9.17) is 4.74 Å². The Morgan fingerprint density at radius 1 is 1.31 bits per heavy atom. The zero-order chi connectivity index (χ0) is 23.7. The highest BCUT2D eigenvalue weighted by Crippen LogP contribution is 2.33. The first kappa shape index (κ1) is 24.1. The first-order valence-corrected chi connectivity index (χ1v) is 11.4. The van der Waals surface area contributed by atoms with E-state index in [1.807, 2.05) is 0 Å². The highest BCUT2D eigenvalue weighted by molar-refractivity contribution is 7.87. The Labute approximate surface area is 185 Å². The largest absolute Gasteiger partial charge is 0.465 e. The molecule has 176 valence electrons. The molecule has 0 saturated carbocycles. The van der Waals surface area contributed by atoms with Crippen LogP contribution in [-0.2, 0) is 21.4 Å². The molecule has 2 N–H and O–H groups in total. The lowest BCUT2D eigenvalue weighted by atomic mass is 9.83. The summed E-state index contributed by atoms with van der Waals surface area (Å²) in [6.07, 6.45) is 0.837. The quantitative estimate of drug-likeness (QED) is 0.625. The van der Waals surface area contributed by atoms with E-state index in [1.165, 1.54) is 18.3 Å². The average molecular weight is 473 g/mol. The van der Waals surface area contributed by atoms with Crippen LogP contribution in [-0.4, -0.2) is 65.2 Å². The van der Waals surface area contributed by atoms with Crippen LogP contribution >= 0.6 is 0 Å². The van der Waals surface area contributed by atoms with Crippen molar-refractivity contribution in [3.05, 3.63) is 41.9 Å². The minimum absolute atomic E-state index is 0.0613. The molecule has 0 aromatic carbocycles. The number of hydrogen-bond acceptors (Lipinski definition) is 5. The van der Waals surface area contributed by atoms with Crippen molar-refractivity contribution in [1.29, 1.82) is 0 Å². The van der Waals surface area contributed by atoms with Gasteiger partial charge in [-0.1, -0.05) is 20.8 Å². The molecule has 1 atom stereocenters. The summed E-state index contributed by atoms with van der Waals surface area (Å²) in [6, 6.07) is 1.88. The van der Waals surface area contributed by atoms with Crippen LogP contribution in [0, 0.1) is 17.2 Å². The van der Waals surface area contributed by atoms with E-state index in [0.29, 0.717) is 3.97 Å². The Morgan fingerprint density at radius 2 is 1.97 bits per heavy atom. The molecule has 0 spiro atoms. The van der Waals surface area contributed by atoms with Crippen molar-refractivity contribution < 1.29 is 31.8 Å². The van der Waals surface area contributed by atoms with E-state index in [-0.39, 0.29) is 43.9 Å². The van der Waals surface area contributed by atoms with Crippen molar-refractivity contribution in [3.63, 3.8) is 0 Å². The van der Waals surface area contributed by atoms with Crippen LogP contribution in [0.4, 0.5) is 13.6 Å². The van der Waals surface area contributed by atoms with Gasteiger partial charge in [0.15, 0.2) is 5.82 Å². The maximum atomic E-state index is 15.6. The van der Waals surface area contributed by atoms with Gasteiger partial charge in [-0.3, -0.25) is 0 Å². The van der Waals surface area contributed by atoms with E-state index >= 15 is 4.39 Å². The summed E-state index contributed by atoms with van der Waals surface area (Å²) in [5.74, 6) is -1.97. The van der Waals surface area contributed by atoms with E-state index in [0.717, 1.165) is 10.5 Å². The summed E-state index contributed by atoms with van der Waals surface area (Å²) in [5.41, 5.74) is -1.46. The molecule has 0 bridgehead atoms. The third-order valence-corrected chi connectivity index (χ3v) is 7.11. The average Bonchev–Trinajstić information content (AvgIpc) is 3.04. The first-order chi connectivity index (χ1) is 14.9. The molecule has 2 aromatic heterocycles. The number of carboxylic acid groups (broad SMARTS) is 1. The van der Waals surface area contributed by atoms with Gasteiger partial charge in [0.2, 0.25) is 5.95 Å². The van der Waals surface area contributed by atoms with Gasteiger partial charge < -0.3 is 15.2 Å². The van der Waals surface area contributed by atoms with Gasteiger partial charge in [0.25, 0.3) is 0 Å². The molecule has 1 aliphatic heterocycles. The summed E-state index contributed by atoms with van der Waals surface area (Å²) in [6.45, 7) is 5.81. The lowest BCUT2D eigenvalue weighted by Crippen LogP contribution is -2.44. The number of amides is 1. The molecule has 1 amide bonds. The number of carbonyl (C=O) groups is 1. The van der Waals surface area contributed by atoms with E-state index in [9.17, 15) is 22.7 Å². The lowest BCUT2D eigenvalue weighted by molar-refractivity contribution is 0.0726. The fourth-order valence-corrected chi connectivity index (χ4v) is 5.01. The summed E-state index contributed by atoms with van der Waals surface area (Å²) in [5, 5.41) is 11.5. The molecule has 32 heavy (non-hydrogen) atoms. The molecule has 2 aromatic rings. The zero-order valence-corrected chi connectivity index (χ0v) is 18.8. The predicted molar refractivity (Wildman–Crippen MR) is 112 cm³/mol. The van der Waals surface area contributed by atoms with Gasteiger partial charge in [-0.15, -0.1) is 0 Å². The molecule has 3 heterocycles. The van der Waals surface area contributed by atoms with Crippen molar-refractivity contribution in [3.8, 4) is 11.3 Å². The molecule has 1 fully saturated rings. The number of halogens is 2. The summed E-state index contributed by atoms with van der Waals surface area (Å²) in [4.78, 5) is 14.8. The smallest absolute Gasteiger partial charge is 0.404 e. The number of rotatable bonds is 6. The maximum Gasteiger partial charge on any atom is 0.404 e. The minimum atomic E-state index is -4.25. The number of nitrogens with one attached hydrogen (secondary N) is 1. The normalized spacial score (nSPS) is 16.7. The maximum absolute atomic E-state index is 15.6. The van der Waals surface area contributed by atoms with Gasteiger partial charge in [-0.05, 0) is 24.0 Å². The third kappa shape index (κ3) is 4.92. The molecule has 1 saturated heterocycles. The Kier molecular flexibility index (Phi) is 6.86. The van der Waals surface area contributed by atoms with E-state index < -0.39 is 45.2 Å². The Bertz CT molecular complexity index is 1090. The minimum Gasteiger partial charge on any atom is -0.465 e. The zero-order valence-electron chi connectivity index (χ0n) is 18.0. The van der Waals surface area contributed by atoms with Crippen LogP contribution in [0.3, 0.4) is 0 Å². The Hall–Kier alpha value is -2.57. The summed E-state index contributed by atoms with van der Waals surface area (Å²) in [7, 11) is -4.25. The summed E-state index contributed by atoms with van der Waals surface area (Å²) >= 11 is 0. The lowest BCUT2D eigenvalue weighted by Gasteiger charge is -2.30. The molecule has 12 heteroatoms. The topological polar surface area (TPSA) is 114 Å². The number of ether oxygens (including phenoxy) is 1. The van der Waals surface area contributed by atoms with Gasteiger partial charge in [0.05, 0.1) is 18.8 Å². The predicted octanol–water partition coefficient (Wildman–Crippen LogP) is 2.48. The van der Waals surface area contributed by atoms with Crippen LogP contribution in [0.5, 0.6) is 0 Å². The Balaban J connectivity index is 2.16. The Morgan fingerprint density at radius 3 is 2.53 bits per heavy atom. The number of nitrogens with zero attached hydrogens (tertiary/aromatic N) is 3. The molecule has 1 aliphatic rings. The first-order valence-electron chi connectivity index (χ1n) is 10.0. The highest BCUT2D eigenvalue weighted by Gasteiger charge is 2.34. The van der Waals surface area contributed by atoms with Gasteiger partial charge in [0.1, 0.15) is 5.69 Å². The van der Waals surface area contributed by atoms with Crippen LogP contribution in [0.25, 0.3) is 11.3 Å². The van der Waals surface area contributed by atoms with Crippen molar-refractivity contribution in [2.45, 2.75) is 33.2 Å². The fourth-order valence-electron chi connectivity index (χ4n) is 3.48. The van der Waals surface area contributed by atoms with Crippen molar-refractivity contribution in [1.82, 2.24) is 18.6 Å². The van der Waals surface area contributed by atoms with E-state index in [2.05, 4.69) is 10.3 Å². The standard InChI is InChI=1S/C20H26F2N4O5S/c1-20(2,3)15(24-19(27)28)11-13-12-26(32(29,30)25-7-9-31-10-8-25)17(16(13)21)14-5-4-6-23-18(14)22/h4-6,12,15,24H,7-11H2,1-3H3,(H,27,28). The van der Waals surface area contributed by atoms with E-state index in [1.54, 1.807) is 20.8 Å². The molecular formula is C20H26F2N4O5S. The molecule has 9 nitrogen and oxygen atoms in total. The third-order valence-electron chi connectivity index (χ3n) is 5.31. The highest BCUT2D eigenvalue weighted by atomic mass is 32.2. The molecular weight excluding hydrogens is 446 g/mol. The molecule has 1 unspecified atom stereocenters. The van der Waals surface area contributed by atoms with Gasteiger partial charge >= 0.3 is 16.3 Å². The fraction of sp³-hybridized carbons (Fsp3) is 0.500. The second-order valence-corrected chi connectivity index (χ2v) is 10.4. The monoisotopic (exact) mass is 472 g/mol. The van der Waals surface area contributed by atoms with Crippen LogP contribution in [0.15, 0.2) is 24.5 Å². The molecule has 0 radical (unpaired) electrons. The van der Waals surface area contributed by atoms with Gasteiger partial charge in [-0.2, -0.15) is 17.1 Å². The second-order valence-electron chi connectivity index (χ2n) is 8.55. The number of pyridine rings is 1. The molecule has 0 aliphatic carbocycles.